The molecule has 0 amide bonds. The predicted molar refractivity (Wildman–Crippen MR) is 99.7 cm³/mol. The molecule has 5 atom stereocenters. The standard InChI is InChI=1S/C20H30N2O4/c1-19(2)14-9-10-20(19,3)17(11-14)21(4)16(12-23)18(24)13-5-7-15(8-6-13)22(25)26/h5-8,14,16-18,23-24H,9-12H2,1-4H3. The number of non-ortho nitro benzene ring substituents is 1. The van der Waals surface area contributed by atoms with Crippen LogP contribution in [0.25, 0.3) is 0 Å². The van der Waals surface area contributed by atoms with Crippen molar-refractivity contribution < 1.29 is 15.1 Å². The number of aliphatic hydroxyl groups is 2. The highest BCUT2D eigenvalue weighted by atomic mass is 16.6. The maximum Gasteiger partial charge on any atom is 0.269 e. The van der Waals surface area contributed by atoms with Crippen LogP contribution in [0.4, 0.5) is 5.69 Å². The number of aliphatic hydroxyl groups excluding tert-OH is 2. The molecule has 1 aromatic rings. The molecule has 1 aromatic carbocycles. The molecule has 6 heteroatoms. The van der Waals surface area contributed by atoms with Crippen molar-refractivity contribution >= 4 is 5.69 Å². The molecular weight excluding hydrogens is 332 g/mol. The number of fused-ring (bicyclic) bond motifs is 2. The van der Waals surface area contributed by atoms with E-state index >= 15 is 0 Å². The maximum atomic E-state index is 10.9. The Labute approximate surface area is 155 Å². The van der Waals surface area contributed by atoms with Crippen molar-refractivity contribution in [3.05, 3.63) is 39.9 Å². The van der Waals surface area contributed by atoms with E-state index < -0.39 is 17.1 Å². The molecule has 144 valence electrons. The fourth-order valence-electron chi connectivity index (χ4n) is 5.48. The lowest BCUT2D eigenvalue weighted by Crippen LogP contribution is -2.52. The van der Waals surface area contributed by atoms with Gasteiger partial charge in [0.25, 0.3) is 5.69 Å². The average molecular weight is 362 g/mol. The largest absolute Gasteiger partial charge is 0.395 e. The lowest BCUT2D eigenvalue weighted by molar-refractivity contribution is -0.384. The third-order valence-electron chi connectivity index (χ3n) is 7.76. The molecule has 2 aliphatic carbocycles. The molecular formula is C20H30N2O4. The molecule has 2 N–H and O–H groups in total. The Balaban J connectivity index is 1.81. The van der Waals surface area contributed by atoms with Gasteiger partial charge < -0.3 is 10.2 Å². The summed E-state index contributed by atoms with van der Waals surface area (Å²) in [5.41, 5.74) is 1.01. The van der Waals surface area contributed by atoms with Crippen LogP contribution >= 0.6 is 0 Å². The summed E-state index contributed by atoms with van der Waals surface area (Å²) in [5, 5.41) is 31.7. The van der Waals surface area contributed by atoms with Crippen LogP contribution in [0.3, 0.4) is 0 Å². The molecule has 2 aliphatic rings. The first-order valence-corrected chi connectivity index (χ1v) is 9.38. The van der Waals surface area contributed by atoms with Crippen LogP contribution in [0.5, 0.6) is 0 Å². The minimum Gasteiger partial charge on any atom is -0.395 e. The van der Waals surface area contributed by atoms with Crippen molar-refractivity contribution in [2.75, 3.05) is 13.7 Å². The number of likely N-dealkylation sites (N-methyl/N-ethyl adjacent to an activating group) is 1. The number of benzene rings is 1. The SMILES string of the molecule is CN(C(CO)C(O)c1ccc([N+](=O)[O-])cc1)C1CC2CCC1(C)C2(C)C. The van der Waals surface area contributed by atoms with Gasteiger partial charge in [-0.2, -0.15) is 0 Å². The molecule has 0 heterocycles. The first-order valence-electron chi connectivity index (χ1n) is 9.38. The number of rotatable bonds is 6. The van der Waals surface area contributed by atoms with Crippen molar-refractivity contribution in [2.24, 2.45) is 16.7 Å². The summed E-state index contributed by atoms with van der Waals surface area (Å²) < 4.78 is 0. The molecule has 3 rings (SSSR count). The van der Waals surface area contributed by atoms with Gasteiger partial charge in [0.15, 0.2) is 0 Å². The van der Waals surface area contributed by atoms with Crippen LogP contribution in [0.1, 0.15) is 51.7 Å². The summed E-state index contributed by atoms with van der Waals surface area (Å²) in [6.45, 7) is 6.87. The normalized spacial score (nSPS) is 32.0. The molecule has 0 aromatic heterocycles. The van der Waals surface area contributed by atoms with Crippen LogP contribution in [0, 0.1) is 26.9 Å². The molecule has 2 fully saturated rings. The monoisotopic (exact) mass is 362 g/mol. The summed E-state index contributed by atoms with van der Waals surface area (Å²) in [5.74, 6) is 0.677. The van der Waals surface area contributed by atoms with E-state index in [0.29, 0.717) is 17.5 Å². The van der Waals surface area contributed by atoms with Crippen molar-refractivity contribution in [1.29, 1.82) is 0 Å². The average Bonchev–Trinajstić information content (AvgIpc) is 2.95. The fourth-order valence-corrected chi connectivity index (χ4v) is 5.48. The van der Waals surface area contributed by atoms with Crippen LogP contribution in [-0.4, -0.2) is 45.8 Å². The Morgan fingerprint density at radius 2 is 1.92 bits per heavy atom. The minimum atomic E-state index is -0.892. The quantitative estimate of drug-likeness (QED) is 0.600. The van der Waals surface area contributed by atoms with Gasteiger partial charge in [-0.15, -0.1) is 0 Å². The highest BCUT2D eigenvalue weighted by Crippen LogP contribution is 2.66. The van der Waals surface area contributed by atoms with Crippen LogP contribution < -0.4 is 0 Å². The molecule has 0 spiro atoms. The maximum absolute atomic E-state index is 10.9. The Hall–Kier alpha value is -1.50. The Bertz CT molecular complexity index is 675. The number of nitrogens with zero attached hydrogens (tertiary/aromatic N) is 2. The zero-order chi connectivity index (χ0) is 19.3. The van der Waals surface area contributed by atoms with Gasteiger partial charge in [-0.25, -0.2) is 0 Å². The van der Waals surface area contributed by atoms with Gasteiger partial charge in [-0.1, -0.05) is 20.8 Å². The number of nitro benzene ring substituents is 1. The third kappa shape index (κ3) is 2.75. The Kier molecular flexibility index (Phi) is 4.88. The van der Waals surface area contributed by atoms with E-state index in [4.69, 9.17) is 0 Å². The summed E-state index contributed by atoms with van der Waals surface area (Å²) in [4.78, 5) is 12.5. The van der Waals surface area contributed by atoms with Crippen molar-refractivity contribution in [3.63, 3.8) is 0 Å². The second-order valence-electron chi connectivity index (χ2n) is 8.84. The highest BCUT2D eigenvalue weighted by molar-refractivity contribution is 5.34. The topological polar surface area (TPSA) is 86.8 Å². The molecule has 0 saturated heterocycles. The number of nitro groups is 1. The van der Waals surface area contributed by atoms with Gasteiger partial charge in [0.2, 0.25) is 0 Å². The summed E-state index contributed by atoms with van der Waals surface area (Å²) >= 11 is 0. The van der Waals surface area contributed by atoms with Crippen LogP contribution in [0.15, 0.2) is 24.3 Å². The molecule has 2 bridgehead atoms. The number of hydrogen-bond acceptors (Lipinski definition) is 5. The van der Waals surface area contributed by atoms with Gasteiger partial charge in [0, 0.05) is 18.2 Å². The highest BCUT2D eigenvalue weighted by Gasteiger charge is 2.62. The van der Waals surface area contributed by atoms with Gasteiger partial charge in [-0.3, -0.25) is 15.0 Å². The van der Waals surface area contributed by atoms with E-state index in [0.717, 1.165) is 6.42 Å². The zero-order valence-electron chi connectivity index (χ0n) is 16.1. The first kappa shape index (κ1) is 19.3. The molecule has 6 nitrogen and oxygen atoms in total. The van der Waals surface area contributed by atoms with Crippen molar-refractivity contribution in [1.82, 2.24) is 4.90 Å². The fraction of sp³-hybridized carbons (Fsp3) is 0.700. The lowest BCUT2D eigenvalue weighted by Gasteiger charge is -2.46. The third-order valence-corrected chi connectivity index (χ3v) is 7.76. The van der Waals surface area contributed by atoms with Gasteiger partial charge in [0.05, 0.1) is 23.7 Å². The Morgan fingerprint density at radius 3 is 2.35 bits per heavy atom. The smallest absolute Gasteiger partial charge is 0.269 e. The van der Waals surface area contributed by atoms with Crippen LogP contribution in [0.2, 0.25) is 0 Å². The summed E-state index contributed by atoms with van der Waals surface area (Å²) in [7, 11) is 1.99. The number of hydrogen-bond donors (Lipinski definition) is 2. The Morgan fingerprint density at radius 1 is 1.31 bits per heavy atom. The van der Waals surface area contributed by atoms with Crippen LogP contribution in [-0.2, 0) is 0 Å². The molecule has 0 aliphatic heterocycles. The van der Waals surface area contributed by atoms with Crippen molar-refractivity contribution in [2.45, 2.75) is 58.2 Å². The first-order chi connectivity index (χ1) is 12.1. The molecule has 5 unspecified atom stereocenters. The second-order valence-corrected chi connectivity index (χ2v) is 8.84. The van der Waals surface area contributed by atoms with Crippen molar-refractivity contribution in [3.8, 4) is 0 Å². The minimum absolute atomic E-state index is 0.00258. The molecule has 2 saturated carbocycles. The van der Waals surface area contributed by atoms with E-state index in [9.17, 15) is 20.3 Å². The second kappa shape index (κ2) is 6.59. The summed E-state index contributed by atoms with van der Waals surface area (Å²) in [6, 6.07) is 5.82. The van der Waals surface area contributed by atoms with E-state index in [2.05, 4.69) is 25.7 Å². The van der Waals surface area contributed by atoms with Gasteiger partial charge in [-0.05, 0) is 60.8 Å². The molecule has 0 radical (unpaired) electrons. The molecule has 26 heavy (non-hydrogen) atoms. The van der Waals surface area contributed by atoms with E-state index in [1.165, 1.54) is 25.0 Å². The van der Waals surface area contributed by atoms with E-state index in [1.807, 2.05) is 7.05 Å². The summed E-state index contributed by atoms with van der Waals surface area (Å²) in [6.07, 6.45) is 2.62. The predicted octanol–water partition coefficient (Wildman–Crippen LogP) is 3.14. The van der Waals surface area contributed by atoms with E-state index in [1.54, 1.807) is 12.1 Å². The zero-order valence-corrected chi connectivity index (χ0v) is 16.1. The lowest BCUT2D eigenvalue weighted by atomic mass is 9.68. The van der Waals surface area contributed by atoms with Gasteiger partial charge in [0.1, 0.15) is 0 Å². The van der Waals surface area contributed by atoms with Gasteiger partial charge >= 0.3 is 0 Å². The van der Waals surface area contributed by atoms with E-state index in [-0.39, 0.29) is 23.1 Å².